The van der Waals surface area contributed by atoms with Crippen molar-refractivity contribution in [3.63, 3.8) is 0 Å². The molecule has 6 heteroatoms. The number of benzene rings is 1. The van der Waals surface area contributed by atoms with Gasteiger partial charge in [0.1, 0.15) is 13.2 Å². The van der Waals surface area contributed by atoms with Gasteiger partial charge in [0.05, 0.1) is 17.0 Å². The molecule has 1 aromatic carbocycles. The summed E-state index contributed by atoms with van der Waals surface area (Å²) in [6.07, 6.45) is 0. The summed E-state index contributed by atoms with van der Waals surface area (Å²) < 4.78 is 10.8. The summed E-state index contributed by atoms with van der Waals surface area (Å²) >= 11 is 0. The van der Waals surface area contributed by atoms with Crippen molar-refractivity contribution in [2.75, 3.05) is 13.2 Å². The molecule has 1 aromatic heterocycles. The molecular weight excluding hydrogens is 238 g/mol. The number of nitrogens with one attached hydrogen (secondary N) is 1. The molecule has 0 bridgehead atoms. The minimum absolute atomic E-state index is 0.404. The summed E-state index contributed by atoms with van der Waals surface area (Å²) in [5, 5.41) is 11.3. The van der Waals surface area contributed by atoms with Gasteiger partial charge in [-0.05, 0) is 12.1 Å². The normalized spacial score (nSPS) is 13.6. The van der Waals surface area contributed by atoms with Crippen molar-refractivity contribution < 1.29 is 19.4 Å². The Balaban J connectivity index is 2.28. The van der Waals surface area contributed by atoms with Gasteiger partial charge in [-0.15, -0.1) is 0 Å². The van der Waals surface area contributed by atoms with Crippen LogP contribution in [0.1, 0.15) is 10.4 Å². The Morgan fingerprint density at radius 1 is 1.17 bits per heavy atom. The number of pyridine rings is 1. The molecule has 18 heavy (non-hydrogen) atoms. The Hall–Kier alpha value is -2.50. The fourth-order valence-corrected chi connectivity index (χ4v) is 1.89. The maximum absolute atomic E-state index is 11.5. The van der Waals surface area contributed by atoms with Crippen LogP contribution in [-0.4, -0.2) is 24.2 Å². The van der Waals surface area contributed by atoms with Crippen LogP contribution in [0.25, 0.3) is 10.9 Å². The average molecular weight is 246 g/mol. The number of H-pyrrole nitrogens is 1. The molecule has 2 heterocycles. The standard InChI is InChI=1S/C12H9NO5/c14-11-7(12(15)16)3-6-4-9-10(5-8(6)13-11)18-2-1-17-9/h3-5H,1-2H2,(H,13,14)(H,15,16)/p-1. The SMILES string of the molecule is O=C([O-])c1cc2cc3c(cc2[nH]c1=O)OCCO3. The molecule has 92 valence electrons. The zero-order valence-corrected chi connectivity index (χ0v) is 9.19. The Kier molecular flexibility index (Phi) is 2.22. The maximum Gasteiger partial charge on any atom is 0.257 e. The van der Waals surface area contributed by atoms with E-state index >= 15 is 0 Å². The quantitative estimate of drug-likeness (QED) is 0.743. The minimum Gasteiger partial charge on any atom is -0.545 e. The molecule has 0 atom stereocenters. The van der Waals surface area contributed by atoms with Gasteiger partial charge in [0.25, 0.3) is 5.56 Å². The highest BCUT2D eigenvalue weighted by Crippen LogP contribution is 2.33. The molecule has 0 amide bonds. The van der Waals surface area contributed by atoms with Gasteiger partial charge in [0.2, 0.25) is 0 Å². The lowest BCUT2D eigenvalue weighted by Gasteiger charge is -2.18. The highest BCUT2D eigenvalue weighted by atomic mass is 16.6. The number of ether oxygens (including phenoxy) is 2. The molecule has 2 aromatic rings. The Morgan fingerprint density at radius 2 is 1.83 bits per heavy atom. The fourth-order valence-electron chi connectivity index (χ4n) is 1.89. The Morgan fingerprint density at radius 3 is 2.50 bits per heavy atom. The second kappa shape index (κ2) is 3.76. The summed E-state index contributed by atoms with van der Waals surface area (Å²) in [6.45, 7) is 0.884. The lowest BCUT2D eigenvalue weighted by atomic mass is 10.1. The topological polar surface area (TPSA) is 91.5 Å². The van der Waals surface area contributed by atoms with E-state index in [1.54, 1.807) is 12.1 Å². The van der Waals surface area contributed by atoms with E-state index in [1.807, 2.05) is 0 Å². The van der Waals surface area contributed by atoms with E-state index < -0.39 is 17.1 Å². The second-order valence-corrected chi connectivity index (χ2v) is 3.88. The lowest BCUT2D eigenvalue weighted by Crippen LogP contribution is -2.29. The van der Waals surface area contributed by atoms with Crippen LogP contribution in [-0.2, 0) is 0 Å². The number of hydrogen-bond donors (Lipinski definition) is 1. The van der Waals surface area contributed by atoms with Crippen molar-refractivity contribution in [2.45, 2.75) is 0 Å². The Bertz CT molecular complexity index is 703. The summed E-state index contributed by atoms with van der Waals surface area (Å²) in [5.41, 5.74) is -0.604. The van der Waals surface area contributed by atoms with Gasteiger partial charge in [0.15, 0.2) is 11.5 Å². The summed E-state index contributed by atoms with van der Waals surface area (Å²) in [5.74, 6) is -0.441. The second-order valence-electron chi connectivity index (χ2n) is 3.88. The van der Waals surface area contributed by atoms with Gasteiger partial charge < -0.3 is 24.4 Å². The Labute approximate surface area is 101 Å². The number of rotatable bonds is 1. The largest absolute Gasteiger partial charge is 0.545 e. The van der Waals surface area contributed by atoms with Gasteiger partial charge >= 0.3 is 0 Å². The van der Waals surface area contributed by atoms with Gasteiger partial charge in [-0.3, -0.25) is 4.79 Å². The van der Waals surface area contributed by atoms with Crippen LogP contribution in [0.3, 0.4) is 0 Å². The van der Waals surface area contributed by atoms with E-state index in [0.29, 0.717) is 35.6 Å². The number of carbonyl (C=O) groups is 1. The molecular formula is C12H8NO5-. The van der Waals surface area contributed by atoms with Crippen molar-refractivity contribution in [3.8, 4) is 11.5 Å². The molecule has 1 N–H and O–H groups in total. The number of aromatic carboxylic acids is 1. The predicted molar refractivity (Wildman–Crippen MR) is 59.9 cm³/mol. The number of aromatic amines is 1. The monoisotopic (exact) mass is 246 g/mol. The first kappa shape index (κ1) is 10.6. The number of aromatic nitrogens is 1. The molecule has 0 unspecified atom stereocenters. The van der Waals surface area contributed by atoms with Crippen LogP contribution >= 0.6 is 0 Å². The van der Waals surface area contributed by atoms with E-state index in [2.05, 4.69) is 4.98 Å². The zero-order chi connectivity index (χ0) is 12.7. The number of fused-ring (bicyclic) bond motifs is 2. The molecule has 1 aliphatic heterocycles. The molecule has 0 fully saturated rings. The third kappa shape index (κ3) is 1.58. The van der Waals surface area contributed by atoms with Crippen molar-refractivity contribution >= 4 is 16.9 Å². The van der Waals surface area contributed by atoms with E-state index in [1.165, 1.54) is 6.07 Å². The number of carbonyl (C=O) groups excluding carboxylic acids is 1. The lowest BCUT2D eigenvalue weighted by molar-refractivity contribution is -0.255. The van der Waals surface area contributed by atoms with Crippen molar-refractivity contribution in [1.29, 1.82) is 0 Å². The number of hydrogen-bond acceptors (Lipinski definition) is 5. The van der Waals surface area contributed by atoms with Gasteiger partial charge in [-0.25, -0.2) is 0 Å². The molecule has 0 spiro atoms. The van der Waals surface area contributed by atoms with Gasteiger partial charge in [-0.2, -0.15) is 0 Å². The van der Waals surface area contributed by atoms with Crippen molar-refractivity contribution in [2.24, 2.45) is 0 Å². The predicted octanol–water partition coefficient (Wildman–Crippen LogP) is -0.337. The van der Waals surface area contributed by atoms with Crippen molar-refractivity contribution in [3.05, 3.63) is 34.1 Å². The molecule has 0 aliphatic carbocycles. The van der Waals surface area contributed by atoms with E-state index in [-0.39, 0.29) is 0 Å². The summed E-state index contributed by atoms with van der Waals surface area (Å²) in [6, 6.07) is 4.51. The van der Waals surface area contributed by atoms with Crippen LogP contribution in [0.15, 0.2) is 23.0 Å². The first-order valence-electron chi connectivity index (χ1n) is 5.33. The molecule has 0 saturated carbocycles. The van der Waals surface area contributed by atoms with Crippen molar-refractivity contribution in [1.82, 2.24) is 4.98 Å². The van der Waals surface area contributed by atoms with Gasteiger partial charge in [0, 0.05) is 11.5 Å². The first-order valence-corrected chi connectivity index (χ1v) is 5.33. The van der Waals surface area contributed by atoms with Crippen LogP contribution in [0.4, 0.5) is 0 Å². The maximum atomic E-state index is 11.5. The molecule has 6 nitrogen and oxygen atoms in total. The van der Waals surface area contributed by atoms with E-state index in [0.717, 1.165) is 0 Å². The third-order valence-electron chi connectivity index (χ3n) is 2.73. The first-order chi connectivity index (χ1) is 8.65. The summed E-state index contributed by atoms with van der Waals surface area (Å²) in [7, 11) is 0. The van der Waals surface area contributed by atoms with Crippen LogP contribution in [0.5, 0.6) is 11.5 Å². The van der Waals surface area contributed by atoms with Crippen LogP contribution in [0, 0.1) is 0 Å². The summed E-state index contributed by atoms with van der Waals surface area (Å²) in [4.78, 5) is 24.7. The highest BCUT2D eigenvalue weighted by Gasteiger charge is 2.14. The third-order valence-corrected chi connectivity index (χ3v) is 2.73. The molecule has 1 aliphatic rings. The molecule has 3 rings (SSSR count). The highest BCUT2D eigenvalue weighted by molar-refractivity contribution is 5.92. The smallest absolute Gasteiger partial charge is 0.257 e. The average Bonchev–Trinajstić information content (AvgIpc) is 2.35. The van der Waals surface area contributed by atoms with E-state index in [9.17, 15) is 14.7 Å². The van der Waals surface area contributed by atoms with E-state index in [4.69, 9.17) is 9.47 Å². The zero-order valence-electron chi connectivity index (χ0n) is 9.19. The van der Waals surface area contributed by atoms with Crippen LogP contribution in [0.2, 0.25) is 0 Å². The molecule has 0 radical (unpaired) electrons. The molecule has 0 saturated heterocycles. The number of carboxylic acids is 1. The number of carboxylic acid groups (broad SMARTS) is 1. The van der Waals surface area contributed by atoms with Crippen LogP contribution < -0.4 is 20.1 Å². The van der Waals surface area contributed by atoms with Gasteiger partial charge in [-0.1, -0.05) is 0 Å². The fraction of sp³-hybridized carbons (Fsp3) is 0.167. The minimum atomic E-state index is -1.51.